The molecule has 11 aromatic carbocycles. The van der Waals surface area contributed by atoms with Crippen LogP contribution in [0.15, 0.2) is 303 Å². The number of ether oxygens (including phenoxy) is 1. The second kappa shape index (κ2) is 36.7. The van der Waals surface area contributed by atoms with Gasteiger partial charge in [0.15, 0.2) is 0 Å². The molecule has 1 aliphatic heterocycles. The van der Waals surface area contributed by atoms with E-state index in [2.05, 4.69) is 317 Å². The van der Waals surface area contributed by atoms with Crippen LogP contribution in [0.4, 0.5) is 0 Å². The first-order valence-electron chi connectivity index (χ1n) is 38.6. The molecule has 520 valence electrons. The Balaban J connectivity index is 0.000000133. The van der Waals surface area contributed by atoms with Gasteiger partial charge in [0, 0.05) is 27.2 Å². The van der Waals surface area contributed by atoms with E-state index in [-0.39, 0.29) is 5.41 Å². The highest BCUT2D eigenvalue weighted by Crippen LogP contribution is 2.62. The minimum Gasteiger partial charge on any atom is -0.455 e. The molecular formula is C95H104OP6. The highest BCUT2D eigenvalue weighted by Gasteiger charge is 2.40. The average molecular weight is 1450 g/mol. The fourth-order valence-corrected chi connectivity index (χ4v) is 35.9. The number of hydrogen-bond donors (Lipinski definition) is 0. The van der Waals surface area contributed by atoms with Crippen molar-refractivity contribution in [2.75, 3.05) is 12.3 Å². The third-order valence-electron chi connectivity index (χ3n) is 22.3. The monoisotopic (exact) mass is 1450 g/mol. The van der Waals surface area contributed by atoms with Crippen LogP contribution in [0.5, 0.6) is 11.5 Å². The summed E-state index contributed by atoms with van der Waals surface area (Å²) in [5.74, 6) is 2.02. The number of benzene rings is 11. The Bertz CT molecular complexity index is 3820. The quantitative estimate of drug-likeness (QED) is 0.0733. The number of fused-ring (bicyclic) bond motifs is 2. The molecule has 0 atom stereocenters. The molecule has 0 unspecified atom stereocenters. The SMILES string of the molecule is C1CCC(P(CCP(C2CCCCC2)C2CCCCC2)C2CCCCC2)CC1.CC1(C)c2cccc(P(c3ccccc3)c3ccccc3)c2Oc2c(P(c3ccccc3)c3ccccc3)cccc21.c1ccc(P(c2ccccc2)c2ccccc2P(c2ccccc2)c2ccccc2)cc1. The molecule has 102 heavy (non-hydrogen) atoms. The summed E-state index contributed by atoms with van der Waals surface area (Å²) in [6.07, 6.45) is 35.1. The van der Waals surface area contributed by atoms with Crippen LogP contribution in [-0.2, 0) is 5.41 Å². The molecule has 5 aliphatic rings. The number of para-hydroxylation sites is 2. The fraction of sp³-hybridized carbons (Fsp3) is 0.305. The Morgan fingerprint density at radius 1 is 0.235 bits per heavy atom. The molecule has 4 fully saturated rings. The van der Waals surface area contributed by atoms with Gasteiger partial charge < -0.3 is 4.74 Å². The summed E-state index contributed by atoms with van der Waals surface area (Å²) >= 11 is 0. The Labute approximate surface area is 620 Å². The normalized spacial score (nSPS) is 16.5. The van der Waals surface area contributed by atoms with Crippen LogP contribution < -0.4 is 68.4 Å². The standard InChI is InChI=1S/C39H32OP2.C30H24P2.C26H48P2/c1-39(2)33-25-15-27-35(41(29-17-7-3-8-18-29)30-19-9-4-10-20-30)37(33)40-38-34(39)26-16-28-36(38)42(31-21-11-5-12-22-31)32-23-13-6-14-24-32;1-5-15-25(16-6-1)31(26-17-7-2-8-18-26)29-23-13-14-24-30(29)32(27-19-9-3-10-20-27)28-21-11-4-12-22-28;1-5-13-23(14-6-1)27(24-15-7-2-8-16-24)21-22-28(25-17-9-3-10-18-25)26-19-11-4-12-20-26/h3-28H,1-2H3;1-24H;23-26H,1-22H2. The maximum absolute atomic E-state index is 7.26. The van der Waals surface area contributed by atoms with E-state index in [9.17, 15) is 0 Å². The van der Waals surface area contributed by atoms with E-state index in [0.29, 0.717) is 15.8 Å². The van der Waals surface area contributed by atoms with Crippen molar-refractivity contribution < 1.29 is 4.74 Å². The van der Waals surface area contributed by atoms with Crippen molar-refractivity contribution in [3.8, 4) is 11.5 Å². The lowest BCUT2D eigenvalue weighted by Gasteiger charge is -2.42. The van der Waals surface area contributed by atoms with E-state index >= 15 is 0 Å². The molecule has 16 rings (SSSR count). The Morgan fingerprint density at radius 3 is 0.657 bits per heavy atom. The van der Waals surface area contributed by atoms with Crippen LogP contribution in [0.3, 0.4) is 0 Å². The van der Waals surface area contributed by atoms with Gasteiger partial charge in [-0.3, -0.25) is 0 Å². The van der Waals surface area contributed by atoms with E-state index in [4.69, 9.17) is 4.74 Å². The van der Waals surface area contributed by atoms with E-state index in [1.807, 2.05) is 0 Å². The summed E-state index contributed by atoms with van der Waals surface area (Å²) < 4.78 is 7.26. The first-order valence-corrected chi connectivity index (χ1v) is 47.3. The summed E-state index contributed by atoms with van der Waals surface area (Å²) in [6, 6.07) is 110. The highest BCUT2D eigenvalue weighted by molar-refractivity contribution is 7.85. The topological polar surface area (TPSA) is 9.23 Å². The van der Waals surface area contributed by atoms with Gasteiger partial charge in [0.1, 0.15) is 11.5 Å². The molecule has 0 aromatic heterocycles. The summed E-state index contributed by atoms with van der Waals surface area (Å²) in [5.41, 5.74) is 6.99. The number of rotatable bonds is 19. The van der Waals surface area contributed by atoms with Crippen LogP contribution in [0, 0.1) is 0 Å². The minimum atomic E-state index is -0.824. The van der Waals surface area contributed by atoms with Gasteiger partial charge in [-0.15, -0.1) is 0 Å². The third-order valence-corrected chi connectivity index (χ3v) is 40.0. The predicted octanol–water partition coefficient (Wildman–Crippen LogP) is 22.1. The van der Waals surface area contributed by atoms with Gasteiger partial charge in [0.05, 0.1) is 0 Å². The molecule has 0 spiro atoms. The van der Waals surface area contributed by atoms with Gasteiger partial charge in [0.25, 0.3) is 0 Å². The first kappa shape index (κ1) is 72.7. The maximum atomic E-state index is 7.26. The first-order chi connectivity index (χ1) is 50.5. The predicted molar refractivity (Wildman–Crippen MR) is 457 cm³/mol. The van der Waals surface area contributed by atoms with Crippen LogP contribution in [0.1, 0.15) is 153 Å². The van der Waals surface area contributed by atoms with Gasteiger partial charge in [0.2, 0.25) is 0 Å². The van der Waals surface area contributed by atoms with Crippen LogP contribution in [-0.4, -0.2) is 35.0 Å². The number of hydrogen-bond acceptors (Lipinski definition) is 1. The molecule has 0 radical (unpaired) electrons. The lowest BCUT2D eigenvalue weighted by molar-refractivity contribution is 0.425. The molecule has 1 nitrogen and oxygen atoms in total. The molecule has 4 saturated carbocycles. The summed E-state index contributed by atoms with van der Waals surface area (Å²) in [6.45, 7) is 4.70. The molecular weight excluding hydrogens is 1340 g/mol. The highest BCUT2D eigenvalue weighted by atomic mass is 31.1. The van der Waals surface area contributed by atoms with Gasteiger partial charge >= 0.3 is 0 Å². The van der Waals surface area contributed by atoms with E-state index in [1.54, 1.807) is 141 Å². The van der Waals surface area contributed by atoms with Crippen molar-refractivity contribution in [2.24, 2.45) is 0 Å². The largest absolute Gasteiger partial charge is 0.455 e. The van der Waals surface area contributed by atoms with E-state index < -0.39 is 31.7 Å². The van der Waals surface area contributed by atoms with Crippen molar-refractivity contribution in [3.63, 3.8) is 0 Å². The summed E-state index contributed by atoms with van der Waals surface area (Å²) in [5, 5.41) is 16.2. The summed E-state index contributed by atoms with van der Waals surface area (Å²) in [7, 11) is -2.29. The van der Waals surface area contributed by atoms with Crippen molar-refractivity contribution >= 4 is 111 Å². The fourth-order valence-electron chi connectivity index (χ4n) is 17.2. The van der Waals surface area contributed by atoms with Gasteiger partial charge in [-0.25, -0.2) is 0 Å². The third kappa shape index (κ3) is 17.7. The average Bonchev–Trinajstić information content (AvgIpc) is 0.725. The van der Waals surface area contributed by atoms with Crippen LogP contribution in [0.2, 0.25) is 0 Å². The Morgan fingerprint density at radius 2 is 0.431 bits per heavy atom. The molecule has 0 bridgehead atoms. The second-order valence-corrected chi connectivity index (χ2v) is 43.8. The Kier molecular flexibility index (Phi) is 26.2. The van der Waals surface area contributed by atoms with Gasteiger partial charge in [-0.05, 0) is 171 Å². The Hall–Kier alpha value is -6.20. The molecule has 4 aliphatic carbocycles. The zero-order valence-corrected chi connectivity index (χ0v) is 65.7. The minimum absolute atomic E-state index is 0.225. The van der Waals surface area contributed by atoms with Crippen molar-refractivity contribution in [3.05, 3.63) is 314 Å². The van der Waals surface area contributed by atoms with E-state index in [0.717, 1.165) is 11.5 Å². The van der Waals surface area contributed by atoms with Crippen LogP contribution in [0.25, 0.3) is 0 Å². The zero-order valence-electron chi connectivity index (χ0n) is 60.3. The molecule has 11 aromatic rings. The van der Waals surface area contributed by atoms with Crippen molar-refractivity contribution in [1.29, 1.82) is 0 Å². The van der Waals surface area contributed by atoms with Crippen molar-refractivity contribution in [2.45, 2.75) is 170 Å². The zero-order chi connectivity index (χ0) is 69.1. The maximum Gasteiger partial charge on any atom is 0.139 e. The molecule has 0 N–H and O–H groups in total. The van der Waals surface area contributed by atoms with Gasteiger partial charge in [-0.2, -0.15) is 0 Å². The van der Waals surface area contributed by atoms with Gasteiger partial charge in [-0.1, -0.05) is 410 Å². The second-order valence-electron chi connectivity index (χ2n) is 29.2. The van der Waals surface area contributed by atoms with Crippen molar-refractivity contribution in [1.82, 2.24) is 0 Å². The van der Waals surface area contributed by atoms with Crippen LogP contribution >= 0.6 is 47.5 Å². The smallest absolute Gasteiger partial charge is 0.139 e. The van der Waals surface area contributed by atoms with E-state index in [1.165, 1.54) is 97.4 Å². The summed E-state index contributed by atoms with van der Waals surface area (Å²) in [4.78, 5) is 0. The lowest BCUT2D eigenvalue weighted by Crippen LogP contribution is -2.34. The molecule has 7 heteroatoms. The molecule has 0 saturated heterocycles. The molecule has 1 heterocycles. The lowest BCUT2D eigenvalue weighted by atomic mass is 9.76. The molecule has 0 amide bonds.